The van der Waals surface area contributed by atoms with Crippen molar-refractivity contribution in [1.82, 2.24) is 10.2 Å². The Morgan fingerprint density at radius 1 is 1.30 bits per heavy atom. The number of nitrogens with one attached hydrogen (secondary N) is 1. The second-order valence-corrected chi connectivity index (χ2v) is 5.06. The van der Waals surface area contributed by atoms with Gasteiger partial charge in [-0.15, -0.1) is 32.2 Å². The molecule has 1 aliphatic rings. The molecule has 1 aromatic carbocycles. The fraction of sp³-hybridized carbons (Fsp3) is 0.467. The monoisotopic (exact) mass is 354 g/mol. The molecule has 1 aromatic rings. The Morgan fingerprint density at radius 3 is 2.52 bits per heavy atom. The van der Waals surface area contributed by atoms with E-state index >= 15 is 0 Å². The van der Waals surface area contributed by atoms with Crippen LogP contribution in [0.15, 0.2) is 30.9 Å². The van der Waals surface area contributed by atoms with Crippen LogP contribution in [0.2, 0.25) is 0 Å². The van der Waals surface area contributed by atoms with E-state index in [1.54, 1.807) is 6.08 Å². The Hall–Kier alpha value is -1.31. The van der Waals surface area contributed by atoms with Crippen LogP contribution in [-0.2, 0) is 0 Å². The van der Waals surface area contributed by atoms with Crippen LogP contribution < -0.4 is 10.1 Å². The minimum Gasteiger partial charge on any atom is -0.406 e. The van der Waals surface area contributed by atoms with Crippen molar-refractivity contribution < 1.29 is 22.3 Å². The van der Waals surface area contributed by atoms with Crippen LogP contribution in [0.3, 0.4) is 0 Å². The zero-order chi connectivity index (χ0) is 16.2. The van der Waals surface area contributed by atoms with Crippen molar-refractivity contribution in [1.29, 1.82) is 0 Å². The molecule has 0 amide bonds. The number of benzene rings is 1. The van der Waals surface area contributed by atoms with Gasteiger partial charge >= 0.3 is 6.36 Å². The maximum Gasteiger partial charge on any atom is 0.573 e. The van der Waals surface area contributed by atoms with E-state index in [9.17, 15) is 17.6 Å². The molecular formula is C15H19ClF4N2O. The molecule has 1 fully saturated rings. The van der Waals surface area contributed by atoms with E-state index < -0.39 is 17.9 Å². The third-order valence-corrected chi connectivity index (χ3v) is 3.54. The summed E-state index contributed by atoms with van der Waals surface area (Å²) in [6, 6.07) is 2.76. The van der Waals surface area contributed by atoms with Crippen LogP contribution in [0.1, 0.15) is 18.0 Å². The summed E-state index contributed by atoms with van der Waals surface area (Å²) in [7, 11) is 0. The highest BCUT2D eigenvalue weighted by Crippen LogP contribution is 2.32. The minimum absolute atomic E-state index is 0. The van der Waals surface area contributed by atoms with Gasteiger partial charge in [0.1, 0.15) is 11.6 Å². The van der Waals surface area contributed by atoms with Gasteiger partial charge in [-0.25, -0.2) is 4.39 Å². The molecule has 1 heterocycles. The van der Waals surface area contributed by atoms with E-state index in [2.05, 4.69) is 16.6 Å². The van der Waals surface area contributed by atoms with Crippen molar-refractivity contribution >= 4 is 12.4 Å². The summed E-state index contributed by atoms with van der Waals surface area (Å²) >= 11 is 0. The van der Waals surface area contributed by atoms with Gasteiger partial charge in [-0.2, -0.15) is 0 Å². The number of alkyl halides is 3. The van der Waals surface area contributed by atoms with Crippen LogP contribution >= 0.6 is 12.4 Å². The molecule has 0 bridgehead atoms. The maximum atomic E-state index is 14.1. The first-order chi connectivity index (χ1) is 10.4. The number of ether oxygens (including phenoxy) is 1. The highest BCUT2D eigenvalue weighted by Gasteiger charge is 2.32. The number of piperazine rings is 1. The van der Waals surface area contributed by atoms with E-state index in [4.69, 9.17) is 0 Å². The van der Waals surface area contributed by atoms with Crippen molar-refractivity contribution in [2.45, 2.75) is 18.8 Å². The standard InChI is InChI=1S/C15H18F4N2O.ClH/c1-2-3-14(21-8-6-20-7-9-21)12-10-11(4-5-13(12)16)22-15(17,18)19;/h2,4-5,10,14,20H,1,3,6-9H2;1H/t14-;/m1./s1. The number of halogens is 5. The summed E-state index contributed by atoms with van der Waals surface area (Å²) in [5.74, 6) is -0.951. The molecule has 1 saturated heterocycles. The third-order valence-electron chi connectivity index (χ3n) is 3.54. The lowest BCUT2D eigenvalue weighted by Crippen LogP contribution is -2.45. The Morgan fingerprint density at radius 2 is 1.96 bits per heavy atom. The van der Waals surface area contributed by atoms with Gasteiger partial charge in [-0.05, 0) is 24.6 Å². The van der Waals surface area contributed by atoms with Gasteiger partial charge in [0.25, 0.3) is 0 Å². The van der Waals surface area contributed by atoms with E-state index in [1.165, 1.54) is 0 Å². The van der Waals surface area contributed by atoms with Crippen LogP contribution in [0, 0.1) is 5.82 Å². The Kier molecular flexibility index (Phi) is 7.31. The van der Waals surface area contributed by atoms with Gasteiger partial charge in [-0.1, -0.05) is 6.08 Å². The smallest absolute Gasteiger partial charge is 0.406 e. The normalized spacial score (nSPS) is 17.2. The van der Waals surface area contributed by atoms with Crippen molar-refractivity contribution in [3.8, 4) is 5.75 Å². The molecule has 1 aliphatic heterocycles. The lowest BCUT2D eigenvalue weighted by atomic mass is 10.00. The number of hydrogen-bond acceptors (Lipinski definition) is 3. The van der Waals surface area contributed by atoms with Gasteiger partial charge < -0.3 is 10.1 Å². The zero-order valence-corrected chi connectivity index (χ0v) is 13.2. The average Bonchev–Trinajstić information content (AvgIpc) is 2.46. The van der Waals surface area contributed by atoms with Gasteiger partial charge in [-0.3, -0.25) is 4.90 Å². The number of rotatable bonds is 5. The first-order valence-corrected chi connectivity index (χ1v) is 7.01. The van der Waals surface area contributed by atoms with Gasteiger partial charge in [0.15, 0.2) is 0 Å². The molecule has 0 spiro atoms. The topological polar surface area (TPSA) is 24.5 Å². The van der Waals surface area contributed by atoms with Gasteiger partial charge in [0.05, 0.1) is 0 Å². The largest absolute Gasteiger partial charge is 0.573 e. The summed E-state index contributed by atoms with van der Waals surface area (Å²) in [6.07, 6.45) is -2.70. The molecule has 8 heteroatoms. The van der Waals surface area contributed by atoms with Crippen LogP contribution in [-0.4, -0.2) is 37.4 Å². The fourth-order valence-corrected chi connectivity index (χ4v) is 2.60. The van der Waals surface area contributed by atoms with E-state index in [0.29, 0.717) is 19.5 Å². The Bertz CT molecular complexity index is 519. The molecule has 130 valence electrons. The molecule has 1 N–H and O–H groups in total. The number of hydrogen-bond donors (Lipinski definition) is 1. The Balaban J connectivity index is 0.00000264. The second-order valence-electron chi connectivity index (χ2n) is 5.06. The molecule has 0 saturated carbocycles. The van der Waals surface area contributed by atoms with E-state index in [-0.39, 0.29) is 24.0 Å². The maximum absolute atomic E-state index is 14.1. The average molecular weight is 355 g/mol. The molecule has 0 aromatic heterocycles. The van der Waals surface area contributed by atoms with Crippen LogP contribution in [0.5, 0.6) is 5.75 Å². The number of nitrogens with zero attached hydrogens (tertiary/aromatic N) is 1. The molecule has 23 heavy (non-hydrogen) atoms. The predicted octanol–water partition coefficient (Wildman–Crippen LogP) is 3.67. The van der Waals surface area contributed by atoms with Crippen molar-refractivity contribution in [2.24, 2.45) is 0 Å². The quantitative estimate of drug-likeness (QED) is 0.645. The molecule has 0 radical (unpaired) electrons. The highest BCUT2D eigenvalue weighted by molar-refractivity contribution is 5.85. The SMILES string of the molecule is C=CC[C@H](c1cc(OC(F)(F)F)ccc1F)N1CCNCC1.Cl. The highest BCUT2D eigenvalue weighted by atomic mass is 35.5. The van der Waals surface area contributed by atoms with Crippen molar-refractivity contribution in [3.05, 3.63) is 42.2 Å². The summed E-state index contributed by atoms with van der Waals surface area (Å²) in [5.41, 5.74) is 0.198. The molecule has 1 atom stereocenters. The van der Waals surface area contributed by atoms with E-state index in [0.717, 1.165) is 31.3 Å². The minimum atomic E-state index is -4.79. The molecule has 3 nitrogen and oxygen atoms in total. The van der Waals surface area contributed by atoms with E-state index in [1.807, 2.05) is 4.90 Å². The molecule has 0 unspecified atom stereocenters. The fourth-order valence-electron chi connectivity index (χ4n) is 2.60. The summed E-state index contributed by atoms with van der Waals surface area (Å²) in [5, 5.41) is 3.19. The first-order valence-electron chi connectivity index (χ1n) is 7.01. The zero-order valence-electron chi connectivity index (χ0n) is 12.4. The summed E-state index contributed by atoms with van der Waals surface area (Å²) in [6.45, 7) is 6.57. The first kappa shape index (κ1) is 19.7. The molecule has 2 rings (SSSR count). The Labute approximate surface area is 138 Å². The summed E-state index contributed by atoms with van der Waals surface area (Å²) in [4.78, 5) is 2.04. The summed E-state index contributed by atoms with van der Waals surface area (Å²) < 4.78 is 55.0. The lowest BCUT2D eigenvalue weighted by Gasteiger charge is -2.35. The molecule has 0 aliphatic carbocycles. The van der Waals surface area contributed by atoms with Gasteiger partial charge in [0.2, 0.25) is 0 Å². The third kappa shape index (κ3) is 5.67. The van der Waals surface area contributed by atoms with Crippen LogP contribution in [0.25, 0.3) is 0 Å². The predicted molar refractivity (Wildman–Crippen MR) is 82.3 cm³/mol. The van der Waals surface area contributed by atoms with Gasteiger partial charge in [0, 0.05) is 37.8 Å². The molecular weight excluding hydrogens is 336 g/mol. The van der Waals surface area contributed by atoms with Crippen LogP contribution in [0.4, 0.5) is 17.6 Å². The lowest BCUT2D eigenvalue weighted by molar-refractivity contribution is -0.274. The van der Waals surface area contributed by atoms with Crippen molar-refractivity contribution in [3.63, 3.8) is 0 Å². The van der Waals surface area contributed by atoms with Crippen molar-refractivity contribution in [2.75, 3.05) is 26.2 Å². The second kappa shape index (κ2) is 8.52.